The zero-order valence-corrected chi connectivity index (χ0v) is 10.8. The molecular formula is C12H25N3O. The molecule has 4 nitrogen and oxygen atoms in total. The Labute approximate surface area is 98.8 Å². The Kier molecular flexibility index (Phi) is 5.77. The van der Waals surface area contributed by atoms with Crippen molar-refractivity contribution in [2.75, 3.05) is 26.7 Å². The number of carbonyl (C=O) groups is 1. The van der Waals surface area contributed by atoms with Gasteiger partial charge in [0.25, 0.3) is 0 Å². The van der Waals surface area contributed by atoms with Crippen LogP contribution in [0.1, 0.15) is 33.1 Å². The van der Waals surface area contributed by atoms with E-state index in [-0.39, 0.29) is 11.9 Å². The number of hydrogen-bond donors (Lipinski definition) is 2. The molecule has 1 saturated heterocycles. The van der Waals surface area contributed by atoms with E-state index in [1.165, 1.54) is 19.3 Å². The van der Waals surface area contributed by atoms with Crippen LogP contribution in [0.25, 0.3) is 0 Å². The van der Waals surface area contributed by atoms with Gasteiger partial charge in [-0.25, -0.2) is 0 Å². The summed E-state index contributed by atoms with van der Waals surface area (Å²) in [6, 6.07) is 0.527. The molecule has 0 saturated carbocycles. The summed E-state index contributed by atoms with van der Waals surface area (Å²) in [6.45, 7) is 7.11. The lowest BCUT2D eigenvalue weighted by Gasteiger charge is -2.32. The molecule has 0 spiro atoms. The van der Waals surface area contributed by atoms with E-state index < -0.39 is 0 Å². The molecule has 94 valence electrons. The molecule has 0 bridgehead atoms. The van der Waals surface area contributed by atoms with Crippen LogP contribution in [-0.4, -0.2) is 49.6 Å². The molecule has 16 heavy (non-hydrogen) atoms. The van der Waals surface area contributed by atoms with Crippen LogP contribution in [0.5, 0.6) is 0 Å². The standard InChI is InChI=1S/C12H25N3O/c1-4-15(10(2)12(16)13-3)9-11-7-5-6-8-14-11/h10-11,14H,4-9H2,1-3H3,(H,13,16). The lowest BCUT2D eigenvalue weighted by molar-refractivity contribution is -0.125. The van der Waals surface area contributed by atoms with Crippen molar-refractivity contribution in [3.8, 4) is 0 Å². The van der Waals surface area contributed by atoms with E-state index in [0.29, 0.717) is 6.04 Å². The number of carbonyl (C=O) groups excluding carboxylic acids is 1. The Hall–Kier alpha value is -0.610. The minimum absolute atomic E-state index is 0.0290. The molecule has 0 aliphatic carbocycles. The van der Waals surface area contributed by atoms with Crippen LogP contribution in [0.4, 0.5) is 0 Å². The van der Waals surface area contributed by atoms with Crippen molar-refractivity contribution in [2.24, 2.45) is 0 Å². The van der Waals surface area contributed by atoms with Crippen LogP contribution in [0.3, 0.4) is 0 Å². The lowest BCUT2D eigenvalue weighted by atomic mass is 10.0. The fraction of sp³-hybridized carbons (Fsp3) is 0.917. The van der Waals surface area contributed by atoms with Crippen LogP contribution in [0, 0.1) is 0 Å². The SMILES string of the molecule is CCN(CC1CCCCN1)C(C)C(=O)NC. The van der Waals surface area contributed by atoms with Gasteiger partial charge in [0, 0.05) is 19.6 Å². The van der Waals surface area contributed by atoms with Gasteiger partial charge >= 0.3 is 0 Å². The molecule has 1 fully saturated rings. The number of rotatable bonds is 5. The molecule has 0 radical (unpaired) electrons. The summed E-state index contributed by atoms with van der Waals surface area (Å²) in [5, 5.41) is 6.24. The normalized spacial score (nSPS) is 23.1. The Morgan fingerprint density at radius 1 is 1.56 bits per heavy atom. The molecular weight excluding hydrogens is 202 g/mol. The van der Waals surface area contributed by atoms with Gasteiger partial charge in [-0.2, -0.15) is 0 Å². The maximum Gasteiger partial charge on any atom is 0.236 e. The van der Waals surface area contributed by atoms with Crippen molar-refractivity contribution in [3.05, 3.63) is 0 Å². The van der Waals surface area contributed by atoms with E-state index in [2.05, 4.69) is 22.5 Å². The summed E-state index contributed by atoms with van der Waals surface area (Å²) >= 11 is 0. The summed E-state index contributed by atoms with van der Waals surface area (Å²) in [6.07, 6.45) is 3.83. The second kappa shape index (κ2) is 6.86. The van der Waals surface area contributed by atoms with Crippen molar-refractivity contribution in [2.45, 2.75) is 45.2 Å². The van der Waals surface area contributed by atoms with E-state index >= 15 is 0 Å². The van der Waals surface area contributed by atoms with Gasteiger partial charge in [0.2, 0.25) is 5.91 Å². The van der Waals surface area contributed by atoms with Crippen LogP contribution in [0.15, 0.2) is 0 Å². The Morgan fingerprint density at radius 2 is 2.31 bits per heavy atom. The average Bonchev–Trinajstić information content (AvgIpc) is 2.35. The maximum atomic E-state index is 11.6. The zero-order valence-electron chi connectivity index (χ0n) is 10.8. The van der Waals surface area contributed by atoms with Crippen molar-refractivity contribution in [3.63, 3.8) is 0 Å². The van der Waals surface area contributed by atoms with Crippen LogP contribution < -0.4 is 10.6 Å². The Morgan fingerprint density at radius 3 is 2.81 bits per heavy atom. The van der Waals surface area contributed by atoms with Gasteiger partial charge in [-0.3, -0.25) is 9.69 Å². The second-order valence-corrected chi connectivity index (χ2v) is 4.52. The second-order valence-electron chi connectivity index (χ2n) is 4.52. The zero-order chi connectivity index (χ0) is 12.0. The van der Waals surface area contributed by atoms with Gasteiger partial charge in [-0.15, -0.1) is 0 Å². The number of nitrogens with zero attached hydrogens (tertiary/aromatic N) is 1. The maximum absolute atomic E-state index is 11.6. The summed E-state index contributed by atoms with van der Waals surface area (Å²) in [7, 11) is 1.70. The summed E-state index contributed by atoms with van der Waals surface area (Å²) in [5.74, 6) is 0.109. The monoisotopic (exact) mass is 227 g/mol. The lowest BCUT2D eigenvalue weighted by Crippen LogP contribution is -2.50. The van der Waals surface area contributed by atoms with Gasteiger partial charge in [0.05, 0.1) is 6.04 Å². The fourth-order valence-corrected chi connectivity index (χ4v) is 2.30. The van der Waals surface area contributed by atoms with Crippen molar-refractivity contribution in [1.82, 2.24) is 15.5 Å². The number of likely N-dealkylation sites (N-methyl/N-ethyl adjacent to an activating group) is 2. The summed E-state index contributed by atoms with van der Waals surface area (Å²) in [5.41, 5.74) is 0. The van der Waals surface area contributed by atoms with Gasteiger partial charge < -0.3 is 10.6 Å². The van der Waals surface area contributed by atoms with Gasteiger partial charge in [0.15, 0.2) is 0 Å². The molecule has 0 aromatic carbocycles. The first-order valence-corrected chi connectivity index (χ1v) is 6.38. The molecule has 1 amide bonds. The molecule has 2 atom stereocenters. The first kappa shape index (κ1) is 13.5. The molecule has 2 unspecified atom stereocenters. The summed E-state index contributed by atoms with van der Waals surface area (Å²) in [4.78, 5) is 13.8. The molecule has 1 aliphatic rings. The predicted molar refractivity (Wildman–Crippen MR) is 66.4 cm³/mol. The number of nitrogens with one attached hydrogen (secondary N) is 2. The molecule has 0 aromatic heterocycles. The molecule has 2 N–H and O–H groups in total. The van der Waals surface area contributed by atoms with Gasteiger partial charge in [0.1, 0.15) is 0 Å². The van der Waals surface area contributed by atoms with Crippen LogP contribution in [-0.2, 0) is 4.79 Å². The van der Waals surface area contributed by atoms with E-state index in [0.717, 1.165) is 19.6 Å². The van der Waals surface area contributed by atoms with E-state index in [1.54, 1.807) is 7.05 Å². The third-order valence-electron chi connectivity index (χ3n) is 3.45. The largest absolute Gasteiger partial charge is 0.358 e. The van der Waals surface area contributed by atoms with Crippen LogP contribution >= 0.6 is 0 Å². The minimum atomic E-state index is -0.0290. The summed E-state index contributed by atoms with van der Waals surface area (Å²) < 4.78 is 0. The number of piperidine rings is 1. The smallest absolute Gasteiger partial charge is 0.236 e. The topological polar surface area (TPSA) is 44.4 Å². The minimum Gasteiger partial charge on any atom is -0.358 e. The number of hydrogen-bond acceptors (Lipinski definition) is 3. The van der Waals surface area contributed by atoms with E-state index in [4.69, 9.17) is 0 Å². The molecule has 1 aliphatic heterocycles. The highest BCUT2D eigenvalue weighted by Gasteiger charge is 2.22. The fourth-order valence-electron chi connectivity index (χ4n) is 2.30. The van der Waals surface area contributed by atoms with Gasteiger partial charge in [-0.05, 0) is 32.9 Å². The predicted octanol–water partition coefficient (Wildman–Crippen LogP) is 0.585. The Balaban J connectivity index is 2.43. The third kappa shape index (κ3) is 3.76. The quantitative estimate of drug-likeness (QED) is 0.722. The highest BCUT2D eigenvalue weighted by atomic mass is 16.2. The molecule has 1 heterocycles. The Bertz CT molecular complexity index is 214. The molecule has 1 rings (SSSR count). The first-order valence-electron chi connectivity index (χ1n) is 6.38. The van der Waals surface area contributed by atoms with Crippen molar-refractivity contribution in [1.29, 1.82) is 0 Å². The van der Waals surface area contributed by atoms with Crippen molar-refractivity contribution >= 4 is 5.91 Å². The first-order chi connectivity index (χ1) is 7.69. The highest BCUT2D eigenvalue weighted by molar-refractivity contribution is 5.80. The average molecular weight is 227 g/mol. The number of amides is 1. The van der Waals surface area contributed by atoms with Crippen LogP contribution in [0.2, 0.25) is 0 Å². The van der Waals surface area contributed by atoms with E-state index in [9.17, 15) is 4.79 Å². The molecule has 0 aromatic rings. The highest BCUT2D eigenvalue weighted by Crippen LogP contribution is 2.10. The van der Waals surface area contributed by atoms with Crippen molar-refractivity contribution < 1.29 is 4.79 Å². The van der Waals surface area contributed by atoms with E-state index in [1.807, 2.05) is 6.92 Å². The van der Waals surface area contributed by atoms with Gasteiger partial charge in [-0.1, -0.05) is 13.3 Å². The molecule has 4 heteroatoms. The third-order valence-corrected chi connectivity index (χ3v) is 3.45.